The van der Waals surface area contributed by atoms with Crippen molar-refractivity contribution in [3.63, 3.8) is 0 Å². The van der Waals surface area contributed by atoms with Gasteiger partial charge >= 0.3 is 0 Å². The molecule has 0 radical (unpaired) electrons. The van der Waals surface area contributed by atoms with Crippen molar-refractivity contribution in [2.24, 2.45) is 0 Å². The first-order valence-corrected chi connectivity index (χ1v) is 12.0. The highest BCUT2D eigenvalue weighted by Crippen LogP contribution is 2.07. The lowest BCUT2D eigenvalue weighted by Crippen LogP contribution is -2.03. The van der Waals surface area contributed by atoms with Crippen molar-refractivity contribution in [2.45, 2.75) is 64.2 Å². The Hall–Kier alpha value is -0.620. The lowest BCUT2D eigenvalue weighted by Gasteiger charge is -2.01. The Balaban J connectivity index is 3.28. The molecule has 0 aromatic carbocycles. The van der Waals surface area contributed by atoms with E-state index in [2.05, 4.69) is 20.2 Å². The second-order valence-corrected chi connectivity index (χ2v) is 9.02. The van der Waals surface area contributed by atoms with Gasteiger partial charge in [-0.05, 0) is 25.7 Å². The van der Waals surface area contributed by atoms with Crippen LogP contribution in [0, 0.1) is 11.8 Å². The molecule has 0 aliphatic heterocycles. The summed E-state index contributed by atoms with van der Waals surface area (Å²) in [5.74, 6) is 6.21. The number of hydrogen-bond acceptors (Lipinski definition) is 6. The van der Waals surface area contributed by atoms with E-state index < -0.39 is 20.2 Å². The molecule has 0 rings (SSSR count). The zero-order valence-corrected chi connectivity index (χ0v) is 16.4. The van der Waals surface area contributed by atoms with Gasteiger partial charge in [-0.1, -0.05) is 25.7 Å². The van der Waals surface area contributed by atoms with Gasteiger partial charge in [0.2, 0.25) is 0 Å². The van der Waals surface area contributed by atoms with Crippen LogP contribution in [-0.2, 0) is 28.6 Å². The van der Waals surface area contributed by atoms with Crippen molar-refractivity contribution in [1.82, 2.24) is 0 Å². The summed E-state index contributed by atoms with van der Waals surface area (Å²) in [5.41, 5.74) is 0. The molecule has 0 aromatic heterocycles. The van der Waals surface area contributed by atoms with Crippen molar-refractivity contribution in [3.8, 4) is 11.8 Å². The van der Waals surface area contributed by atoms with E-state index in [0.29, 0.717) is 6.42 Å². The third-order valence-electron chi connectivity index (χ3n) is 3.11. The highest BCUT2D eigenvalue weighted by Gasteiger charge is 2.00. The Morgan fingerprint density at radius 3 is 1.38 bits per heavy atom. The first kappa shape index (κ1) is 23.4. The second-order valence-electron chi connectivity index (χ2n) is 5.73. The average molecular weight is 383 g/mol. The van der Waals surface area contributed by atoms with Gasteiger partial charge in [0.25, 0.3) is 20.2 Å². The van der Waals surface area contributed by atoms with Crippen LogP contribution in [0.15, 0.2) is 0 Å². The molecule has 0 amide bonds. The summed E-state index contributed by atoms with van der Waals surface area (Å²) in [6.45, 7) is 0.509. The maximum atomic E-state index is 10.7. The molecule has 0 fully saturated rings. The van der Waals surface area contributed by atoms with Crippen LogP contribution in [0.5, 0.6) is 0 Å². The largest absolute Gasteiger partial charge is 0.270 e. The molecule has 0 spiro atoms. The fourth-order valence-electron chi connectivity index (χ4n) is 1.94. The molecule has 6 nitrogen and oxygen atoms in total. The Bertz CT molecular complexity index is 569. The van der Waals surface area contributed by atoms with Crippen LogP contribution >= 0.6 is 0 Å². The van der Waals surface area contributed by atoms with Crippen molar-refractivity contribution in [2.75, 3.05) is 25.7 Å². The third kappa shape index (κ3) is 21.4. The zero-order valence-electron chi connectivity index (χ0n) is 14.8. The molecule has 0 heterocycles. The lowest BCUT2D eigenvalue weighted by atomic mass is 10.1. The van der Waals surface area contributed by atoms with Crippen LogP contribution in [0.2, 0.25) is 0 Å². The van der Waals surface area contributed by atoms with E-state index in [1.807, 2.05) is 0 Å². The fourth-order valence-corrected chi connectivity index (χ4v) is 2.78. The van der Waals surface area contributed by atoms with Gasteiger partial charge in [-0.2, -0.15) is 16.8 Å². The van der Waals surface area contributed by atoms with Gasteiger partial charge in [0.05, 0.1) is 25.7 Å². The summed E-state index contributed by atoms with van der Waals surface area (Å²) < 4.78 is 52.2. The van der Waals surface area contributed by atoms with Crippen molar-refractivity contribution in [3.05, 3.63) is 0 Å². The normalized spacial score (nSPS) is 11.9. The van der Waals surface area contributed by atoms with E-state index in [1.165, 1.54) is 0 Å². The highest BCUT2D eigenvalue weighted by molar-refractivity contribution is 7.86. The molecule has 0 bridgehead atoms. The Kier molecular flexibility index (Phi) is 13.3. The molecule has 142 valence electrons. The van der Waals surface area contributed by atoms with Crippen molar-refractivity contribution >= 4 is 20.2 Å². The first-order chi connectivity index (χ1) is 11.2. The Morgan fingerprint density at radius 1 is 0.583 bits per heavy atom. The van der Waals surface area contributed by atoms with E-state index in [-0.39, 0.29) is 13.2 Å². The first-order valence-electron chi connectivity index (χ1n) is 8.35. The number of unbranched alkanes of at least 4 members (excludes halogenated alkanes) is 8. The second kappa shape index (κ2) is 13.6. The SMILES string of the molecule is CS(=O)(=O)OCCCCC#CCCCCCCCCOS(C)(=O)=O. The predicted octanol–water partition coefficient (Wildman–Crippen LogP) is 2.84. The highest BCUT2D eigenvalue weighted by atomic mass is 32.2. The van der Waals surface area contributed by atoms with Gasteiger partial charge in [0.15, 0.2) is 0 Å². The minimum atomic E-state index is -3.32. The van der Waals surface area contributed by atoms with E-state index >= 15 is 0 Å². The minimum Gasteiger partial charge on any atom is -0.270 e. The van der Waals surface area contributed by atoms with Gasteiger partial charge < -0.3 is 0 Å². The summed E-state index contributed by atoms with van der Waals surface area (Å²) in [4.78, 5) is 0. The van der Waals surface area contributed by atoms with Gasteiger partial charge in [-0.15, -0.1) is 11.8 Å². The zero-order chi connectivity index (χ0) is 18.3. The monoisotopic (exact) mass is 382 g/mol. The van der Waals surface area contributed by atoms with Gasteiger partial charge in [-0.25, -0.2) is 0 Å². The van der Waals surface area contributed by atoms with E-state index in [1.54, 1.807) is 0 Å². The topological polar surface area (TPSA) is 86.7 Å². The number of hydrogen-bond donors (Lipinski definition) is 0. The molecule has 0 unspecified atom stereocenters. The summed E-state index contributed by atoms with van der Waals surface area (Å²) in [7, 11) is -6.62. The molecule has 0 saturated heterocycles. The fraction of sp³-hybridized carbons (Fsp3) is 0.875. The molecule has 0 atom stereocenters. The van der Waals surface area contributed by atoms with Gasteiger partial charge in [0, 0.05) is 12.8 Å². The van der Waals surface area contributed by atoms with Crippen LogP contribution in [0.1, 0.15) is 64.2 Å². The molecule has 0 aromatic rings. The van der Waals surface area contributed by atoms with Crippen LogP contribution in [0.3, 0.4) is 0 Å². The minimum absolute atomic E-state index is 0.232. The van der Waals surface area contributed by atoms with Crippen molar-refractivity contribution < 1.29 is 25.2 Å². The summed E-state index contributed by atoms with van der Waals surface area (Å²) in [6.07, 6.45) is 11.5. The maximum Gasteiger partial charge on any atom is 0.264 e. The molecular formula is C16H30O6S2. The molecule has 24 heavy (non-hydrogen) atoms. The third-order valence-corrected chi connectivity index (χ3v) is 4.30. The lowest BCUT2D eigenvalue weighted by molar-refractivity contribution is 0.309. The molecule has 0 N–H and O–H groups in total. The molecule has 0 aliphatic carbocycles. The van der Waals surface area contributed by atoms with Crippen LogP contribution in [0.4, 0.5) is 0 Å². The summed E-state index contributed by atoms with van der Waals surface area (Å²) in [6, 6.07) is 0. The number of rotatable bonds is 14. The molecule has 8 heteroatoms. The summed E-state index contributed by atoms with van der Waals surface area (Å²) in [5, 5.41) is 0. The van der Waals surface area contributed by atoms with Gasteiger partial charge in [-0.3, -0.25) is 8.37 Å². The van der Waals surface area contributed by atoms with Crippen LogP contribution < -0.4 is 0 Å². The molecule has 0 saturated carbocycles. The standard InChI is InChI=1S/C16H30O6S2/c1-23(17,18)21-15-13-11-9-7-5-3-4-6-8-10-12-14-16-22-24(2,19)20/h3-5,7,9-16H2,1-2H3. The predicted molar refractivity (Wildman–Crippen MR) is 95.5 cm³/mol. The van der Waals surface area contributed by atoms with Crippen LogP contribution in [-0.4, -0.2) is 42.6 Å². The Labute approximate surface area is 147 Å². The molecule has 0 aliphatic rings. The van der Waals surface area contributed by atoms with Crippen LogP contribution in [0.25, 0.3) is 0 Å². The van der Waals surface area contributed by atoms with E-state index in [4.69, 9.17) is 0 Å². The van der Waals surface area contributed by atoms with E-state index in [9.17, 15) is 16.8 Å². The summed E-state index contributed by atoms with van der Waals surface area (Å²) >= 11 is 0. The smallest absolute Gasteiger partial charge is 0.264 e. The quantitative estimate of drug-likeness (QED) is 0.261. The Morgan fingerprint density at radius 2 is 0.917 bits per heavy atom. The van der Waals surface area contributed by atoms with E-state index in [0.717, 1.165) is 70.3 Å². The van der Waals surface area contributed by atoms with Crippen molar-refractivity contribution in [1.29, 1.82) is 0 Å². The van der Waals surface area contributed by atoms with Gasteiger partial charge in [0.1, 0.15) is 0 Å². The molecular weight excluding hydrogens is 352 g/mol. The average Bonchev–Trinajstić information content (AvgIpc) is 2.44. The maximum absolute atomic E-state index is 10.7.